The fourth-order valence-corrected chi connectivity index (χ4v) is 3.78. The van der Waals surface area contributed by atoms with Crippen LogP contribution in [0.3, 0.4) is 0 Å². The van der Waals surface area contributed by atoms with Gasteiger partial charge in [-0.1, -0.05) is 20.3 Å². The molecule has 0 saturated heterocycles. The van der Waals surface area contributed by atoms with E-state index in [0.29, 0.717) is 0 Å². The molecule has 0 radical (unpaired) electrons. The van der Waals surface area contributed by atoms with E-state index in [1.54, 1.807) is 0 Å². The van der Waals surface area contributed by atoms with E-state index in [1.807, 2.05) is 13.8 Å². The third-order valence-electron chi connectivity index (χ3n) is 5.17. The number of nitrogens with one attached hydrogen (secondary N) is 2. The summed E-state index contributed by atoms with van der Waals surface area (Å²) in [6, 6.07) is -0.549. The van der Waals surface area contributed by atoms with Crippen LogP contribution in [0.4, 0.5) is 0 Å². The lowest BCUT2D eigenvalue weighted by atomic mass is 9.86. The van der Waals surface area contributed by atoms with Crippen molar-refractivity contribution in [2.45, 2.75) is 52.0 Å². The lowest BCUT2D eigenvalue weighted by Gasteiger charge is -2.21. The fourth-order valence-electron chi connectivity index (χ4n) is 3.78. The quantitative estimate of drug-likeness (QED) is 0.660. The molecule has 4 N–H and O–H groups in total. The van der Waals surface area contributed by atoms with Gasteiger partial charge in [-0.05, 0) is 49.4 Å². The Kier molecular flexibility index (Phi) is 7.63. The second-order valence-corrected chi connectivity index (χ2v) is 7.06. The van der Waals surface area contributed by atoms with Gasteiger partial charge in [0, 0.05) is 6.54 Å². The second-order valence-electron chi connectivity index (χ2n) is 7.06. The molecule has 2 aliphatic rings. The van der Waals surface area contributed by atoms with E-state index in [9.17, 15) is 9.59 Å². The first-order chi connectivity index (χ1) is 9.97. The Bertz CT molecular complexity index is 390. The van der Waals surface area contributed by atoms with Gasteiger partial charge in [-0.15, -0.1) is 12.4 Å². The Morgan fingerprint density at radius 2 is 1.91 bits per heavy atom. The van der Waals surface area contributed by atoms with E-state index in [1.165, 1.54) is 25.7 Å². The van der Waals surface area contributed by atoms with Crippen LogP contribution in [0.25, 0.3) is 0 Å². The topological polar surface area (TPSA) is 84.2 Å². The lowest BCUT2D eigenvalue weighted by molar-refractivity contribution is -0.127. The van der Waals surface area contributed by atoms with Gasteiger partial charge in [-0.2, -0.15) is 0 Å². The van der Waals surface area contributed by atoms with E-state index < -0.39 is 6.04 Å². The molecule has 2 fully saturated rings. The molecular weight excluding hydrogens is 302 g/mol. The van der Waals surface area contributed by atoms with Crippen LogP contribution in [0.15, 0.2) is 0 Å². The van der Waals surface area contributed by atoms with Gasteiger partial charge in [-0.25, -0.2) is 0 Å². The predicted octanol–water partition coefficient (Wildman–Crippen LogP) is 1.45. The molecule has 2 aliphatic carbocycles. The number of fused-ring (bicyclic) bond motifs is 2. The summed E-state index contributed by atoms with van der Waals surface area (Å²) in [5.74, 6) is 2.35. The Morgan fingerprint density at radius 1 is 1.18 bits per heavy atom. The number of amides is 2. The molecule has 2 bridgehead atoms. The molecule has 5 nitrogen and oxygen atoms in total. The molecule has 0 aromatic carbocycles. The largest absolute Gasteiger partial charge is 0.355 e. The molecule has 0 spiro atoms. The number of hydrogen-bond acceptors (Lipinski definition) is 3. The highest BCUT2D eigenvalue weighted by molar-refractivity contribution is 5.87. The van der Waals surface area contributed by atoms with Gasteiger partial charge in [-0.3, -0.25) is 9.59 Å². The summed E-state index contributed by atoms with van der Waals surface area (Å²) >= 11 is 0. The number of nitrogens with two attached hydrogens (primary N) is 1. The van der Waals surface area contributed by atoms with Crippen LogP contribution in [0.1, 0.15) is 46.0 Å². The van der Waals surface area contributed by atoms with Gasteiger partial charge in [0.05, 0.1) is 12.6 Å². The normalized spacial score (nSPS) is 27.4. The number of carbonyl (C=O) groups is 2. The first kappa shape index (κ1) is 19.2. The molecule has 0 aromatic heterocycles. The molecule has 22 heavy (non-hydrogen) atoms. The minimum Gasteiger partial charge on any atom is -0.355 e. The molecule has 0 heterocycles. The monoisotopic (exact) mass is 331 g/mol. The van der Waals surface area contributed by atoms with Crippen molar-refractivity contribution >= 4 is 24.2 Å². The van der Waals surface area contributed by atoms with Gasteiger partial charge in [0.25, 0.3) is 0 Å². The second kappa shape index (κ2) is 8.73. The number of halogens is 1. The van der Waals surface area contributed by atoms with Gasteiger partial charge in [0.15, 0.2) is 0 Å². The Hall–Kier alpha value is -0.810. The predicted molar refractivity (Wildman–Crippen MR) is 89.6 cm³/mol. The van der Waals surface area contributed by atoms with E-state index in [2.05, 4.69) is 10.6 Å². The van der Waals surface area contributed by atoms with Gasteiger partial charge < -0.3 is 16.4 Å². The van der Waals surface area contributed by atoms with Crippen molar-refractivity contribution in [1.82, 2.24) is 10.6 Å². The van der Waals surface area contributed by atoms with Crippen molar-refractivity contribution in [2.75, 3.05) is 13.1 Å². The van der Waals surface area contributed by atoms with Crippen LogP contribution in [0, 0.1) is 23.7 Å². The van der Waals surface area contributed by atoms with Gasteiger partial charge in [0.2, 0.25) is 11.8 Å². The van der Waals surface area contributed by atoms with E-state index in [4.69, 9.17) is 5.73 Å². The molecule has 6 heteroatoms. The minimum absolute atomic E-state index is 0. The zero-order chi connectivity index (χ0) is 15.4. The maximum atomic E-state index is 11.7. The summed E-state index contributed by atoms with van der Waals surface area (Å²) in [5, 5.41) is 5.49. The first-order valence-electron chi connectivity index (χ1n) is 8.27. The van der Waals surface area contributed by atoms with Gasteiger partial charge >= 0.3 is 0 Å². The van der Waals surface area contributed by atoms with Crippen molar-refractivity contribution in [3.63, 3.8) is 0 Å². The van der Waals surface area contributed by atoms with E-state index in [-0.39, 0.29) is 36.7 Å². The molecule has 3 unspecified atom stereocenters. The third-order valence-corrected chi connectivity index (χ3v) is 5.17. The lowest BCUT2D eigenvalue weighted by Crippen LogP contribution is -2.47. The molecule has 128 valence electrons. The van der Waals surface area contributed by atoms with Crippen molar-refractivity contribution < 1.29 is 9.59 Å². The molecule has 0 aliphatic heterocycles. The zero-order valence-corrected chi connectivity index (χ0v) is 14.5. The van der Waals surface area contributed by atoms with Crippen molar-refractivity contribution in [2.24, 2.45) is 29.4 Å². The molecule has 2 amide bonds. The van der Waals surface area contributed by atoms with E-state index in [0.717, 1.165) is 30.7 Å². The van der Waals surface area contributed by atoms with Crippen molar-refractivity contribution in [3.8, 4) is 0 Å². The van der Waals surface area contributed by atoms with Crippen LogP contribution in [-0.4, -0.2) is 30.9 Å². The minimum atomic E-state index is -0.549. The average Bonchev–Trinajstić information content (AvgIpc) is 3.06. The molecule has 0 aromatic rings. The van der Waals surface area contributed by atoms with Crippen molar-refractivity contribution in [3.05, 3.63) is 0 Å². The highest BCUT2D eigenvalue weighted by Crippen LogP contribution is 2.49. The Balaban J connectivity index is 0.00000242. The molecular formula is C16H30ClN3O2. The van der Waals surface area contributed by atoms with Gasteiger partial charge in [0.1, 0.15) is 0 Å². The van der Waals surface area contributed by atoms with Crippen LogP contribution in [0.2, 0.25) is 0 Å². The highest BCUT2D eigenvalue weighted by Gasteiger charge is 2.38. The zero-order valence-electron chi connectivity index (χ0n) is 13.6. The third kappa shape index (κ3) is 5.13. The molecule has 4 atom stereocenters. The molecule has 2 saturated carbocycles. The SMILES string of the molecule is CC(C)[C@H](N)C(=O)NCC(=O)NCCC1CC2CCC1C2.Cl. The fraction of sp³-hybridized carbons (Fsp3) is 0.875. The van der Waals surface area contributed by atoms with Crippen LogP contribution >= 0.6 is 12.4 Å². The summed E-state index contributed by atoms with van der Waals surface area (Å²) < 4.78 is 0. The summed E-state index contributed by atoms with van der Waals surface area (Å²) in [6.45, 7) is 4.52. The highest BCUT2D eigenvalue weighted by atomic mass is 35.5. The summed E-state index contributed by atoms with van der Waals surface area (Å²) in [6.07, 6.45) is 6.62. The summed E-state index contributed by atoms with van der Waals surface area (Å²) in [5.41, 5.74) is 5.72. The standard InChI is InChI=1S/C16H29N3O2.ClH/c1-10(2)15(17)16(21)19-9-14(20)18-6-5-13-8-11-3-4-12(13)7-11;/h10-13,15H,3-9,17H2,1-2H3,(H,18,20)(H,19,21);1H/t11?,12?,13?,15-;/m0./s1. The Morgan fingerprint density at radius 3 is 2.45 bits per heavy atom. The van der Waals surface area contributed by atoms with Crippen LogP contribution < -0.4 is 16.4 Å². The number of hydrogen-bond donors (Lipinski definition) is 3. The summed E-state index contributed by atoms with van der Waals surface area (Å²) in [7, 11) is 0. The number of rotatable bonds is 7. The Labute approximate surface area is 139 Å². The average molecular weight is 332 g/mol. The van der Waals surface area contributed by atoms with E-state index >= 15 is 0 Å². The van der Waals surface area contributed by atoms with Crippen LogP contribution in [0.5, 0.6) is 0 Å². The van der Waals surface area contributed by atoms with Crippen molar-refractivity contribution in [1.29, 1.82) is 0 Å². The molecule has 2 rings (SSSR count). The number of carbonyl (C=O) groups excluding carboxylic acids is 2. The first-order valence-corrected chi connectivity index (χ1v) is 8.27. The maximum Gasteiger partial charge on any atom is 0.239 e. The smallest absolute Gasteiger partial charge is 0.239 e. The van der Waals surface area contributed by atoms with Crippen LogP contribution in [-0.2, 0) is 9.59 Å². The maximum absolute atomic E-state index is 11.7. The summed E-state index contributed by atoms with van der Waals surface area (Å²) in [4.78, 5) is 23.3.